The zero-order valence-corrected chi connectivity index (χ0v) is 18.2. The Morgan fingerprint density at radius 1 is 1.00 bits per heavy atom. The highest BCUT2D eigenvalue weighted by Crippen LogP contribution is 2.24. The van der Waals surface area contributed by atoms with E-state index in [1.54, 1.807) is 15.6 Å². The van der Waals surface area contributed by atoms with Crippen molar-refractivity contribution in [3.05, 3.63) is 53.3 Å². The number of nitrogens with zero attached hydrogens (tertiary/aromatic N) is 4. The van der Waals surface area contributed by atoms with Gasteiger partial charge in [-0.1, -0.05) is 30.3 Å². The van der Waals surface area contributed by atoms with Gasteiger partial charge in [0.15, 0.2) is 5.69 Å². The monoisotopic (exact) mass is 435 g/mol. The van der Waals surface area contributed by atoms with E-state index in [0.29, 0.717) is 63.0 Å². The summed E-state index contributed by atoms with van der Waals surface area (Å²) in [6.07, 6.45) is 4.29. The molecule has 1 saturated carbocycles. The molecule has 0 unspecified atom stereocenters. The summed E-state index contributed by atoms with van der Waals surface area (Å²) in [6.45, 7) is 2.90. The van der Waals surface area contributed by atoms with Crippen LogP contribution in [0.1, 0.15) is 58.6 Å². The summed E-state index contributed by atoms with van der Waals surface area (Å²) in [6, 6.07) is 11.9. The van der Waals surface area contributed by atoms with Crippen LogP contribution >= 0.6 is 0 Å². The first kappa shape index (κ1) is 20.7. The number of piperidine rings is 1. The van der Waals surface area contributed by atoms with E-state index in [-0.39, 0.29) is 23.6 Å². The lowest BCUT2D eigenvalue weighted by Gasteiger charge is -2.30. The standard InChI is InChI=1S/C24H29N5O3/c30-22(25-19-7-8-19)18-9-13-27(14-10-18)23(31)20-15-21-24(32)28(11-4-12-29(21)26-20)16-17-5-2-1-3-6-17/h1-3,5-6,15,18-19H,4,7-14,16H2,(H,25,30). The SMILES string of the molecule is O=C(NC1CC1)C1CCN(C(=O)c2cc3n(n2)CCCN(Cc2ccccc2)C3=O)CC1. The Morgan fingerprint density at radius 3 is 2.47 bits per heavy atom. The molecule has 8 nitrogen and oxygen atoms in total. The molecule has 3 amide bonds. The third-order valence-corrected chi connectivity index (χ3v) is 6.60. The van der Waals surface area contributed by atoms with Crippen molar-refractivity contribution in [3.8, 4) is 0 Å². The number of carbonyl (C=O) groups excluding carboxylic acids is 3. The van der Waals surface area contributed by atoms with Crippen molar-refractivity contribution in [3.63, 3.8) is 0 Å². The molecular formula is C24H29N5O3. The Kier molecular flexibility index (Phi) is 5.68. The van der Waals surface area contributed by atoms with E-state index in [2.05, 4.69) is 10.4 Å². The lowest BCUT2D eigenvalue weighted by molar-refractivity contribution is -0.126. The second kappa shape index (κ2) is 8.76. The zero-order chi connectivity index (χ0) is 22.1. The van der Waals surface area contributed by atoms with Gasteiger partial charge in [0.05, 0.1) is 0 Å². The molecule has 8 heteroatoms. The lowest BCUT2D eigenvalue weighted by atomic mass is 9.95. The Balaban J connectivity index is 1.24. The molecule has 5 rings (SSSR count). The summed E-state index contributed by atoms with van der Waals surface area (Å²) in [5.74, 6) is -0.147. The van der Waals surface area contributed by atoms with Gasteiger partial charge < -0.3 is 15.1 Å². The van der Waals surface area contributed by atoms with Crippen LogP contribution in [0.15, 0.2) is 36.4 Å². The first-order valence-electron chi connectivity index (χ1n) is 11.6. The normalized spacial score (nSPS) is 19.4. The molecule has 1 aromatic carbocycles. The predicted molar refractivity (Wildman–Crippen MR) is 118 cm³/mol. The molecule has 2 fully saturated rings. The molecule has 3 aliphatic rings. The van der Waals surface area contributed by atoms with Gasteiger partial charge in [-0.3, -0.25) is 19.1 Å². The number of benzene rings is 1. The molecular weight excluding hydrogens is 406 g/mol. The number of nitrogens with one attached hydrogen (secondary N) is 1. The Hall–Kier alpha value is -3.16. The zero-order valence-electron chi connectivity index (χ0n) is 18.2. The van der Waals surface area contributed by atoms with E-state index >= 15 is 0 Å². The summed E-state index contributed by atoms with van der Waals surface area (Å²) >= 11 is 0. The molecule has 1 aromatic heterocycles. The van der Waals surface area contributed by atoms with Crippen molar-refractivity contribution in [2.45, 2.75) is 51.2 Å². The van der Waals surface area contributed by atoms with Gasteiger partial charge in [0.25, 0.3) is 11.8 Å². The summed E-state index contributed by atoms with van der Waals surface area (Å²) in [7, 11) is 0. The molecule has 0 spiro atoms. The quantitative estimate of drug-likeness (QED) is 0.779. The lowest BCUT2D eigenvalue weighted by Crippen LogP contribution is -2.43. The van der Waals surface area contributed by atoms with E-state index < -0.39 is 0 Å². The van der Waals surface area contributed by atoms with E-state index in [1.165, 1.54) is 0 Å². The molecule has 0 bridgehead atoms. The van der Waals surface area contributed by atoms with Crippen LogP contribution in [0.2, 0.25) is 0 Å². The van der Waals surface area contributed by atoms with Crippen LogP contribution in [-0.2, 0) is 17.9 Å². The highest BCUT2D eigenvalue weighted by molar-refractivity contribution is 5.98. The molecule has 2 aromatic rings. The maximum Gasteiger partial charge on any atom is 0.274 e. The van der Waals surface area contributed by atoms with Crippen LogP contribution in [0.4, 0.5) is 0 Å². The van der Waals surface area contributed by atoms with Crippen LogP contribution in [0.3, 0.4) is 0 Å². The largest absolute Gasteiger partial charge is 0.353 e. The minimum absolute atomic E-state index is 0.0218. The topological polar surface area (TPSA) is 87.5 Å². The third-order valence-electron chi connectivity index (χ3n) is 6.60. The van der Waals surface area contributed by atoms with Crippen LogP contribution in [-0.4, -0.2) is 63.0 Å². The van der Waals surface area contributed by atoms with E-state index in [1.807, 2.05) is 35.2 Å². The van der Waals surface area contributed by atoms with Crippen molar-refractivity contribution >= 4 is 17.7 Å². The maximum absolute atomic E-state index is 13.2. The van der Waals surface area contributed by atoms with Gasteiger partial charge in [-0.25, -0.2) is 0 Å². The second-order valence-corrected chi connectivity index (χ2v) is 9.05. The van der Waals surface area contributed by atoms with E-state index in [0.717, 1.165) is 24.8 Å². The highest BCUT2D eigenvalue weighted by atomic mass is 16.2. The van der Waals surface area contributed by atoms with Gasteiger partial charge in [0, 0.05) is 50.7 Å². The molecule has 2 aliphatic heterocycles. The Bertz CT molecular complexity index is 1010. The molecule has 0 radical (unpaired) electrons. The fourth-order valence-corrected chi connectivity index (χ4v) is 4.55. The average molecular weight is 436 g/mol. The molecule has 32 heavy (non-hydrogen) atoms. The summed E-state index contributed by atoms with van der Waals surface area (Å²) in [4.78, 5) is 42.1. The smallest absolute Gasteiger partial charge is 0.274 e. The number of carbonyl (C=O) groups is 3. The van der Waals surface area contributed by atoms with Crippen molar-refractivity contribution in [2.75, 3.05) is 19.6 Å². The van der Waals surface area contributed by atoms with Gasteiger partial charge in [-0.2, -0.15) is 5.10 Å². The van der Waals surface area contributed by atoms with Crippen LogP contribution < -0.4 is 5.32 Å². The predicted octanol–water partition coefficient (Wildman–Crippen LogP) is 2.06. The van der Waals surface area contributed by atoms with Crippen molar-refractivity contribution in [1.82, 2.24) is 24.9 Å². The number of hydrogen-bond donors (Lipinski definition) is 1. The van der Waals surface area contributed by atoms with Gasteiger partial charge in [-0.05, 0) is 37.7 Å². The minimum atomic E-state index is -0.158. The van der Waals surface area contributed by atoms with Gasteiger partial charge in [0.2, 0.25) is 5.91 Å². The van der Waals surface area contributed by atoms with Crippen molar-refractivity contribution < 1.29 is 14.4 Å². The molecule has 1 N–H and O–H groups in total. The third kappa shape index (κ3) is 4.40. The number of fused-ring (bicyclic) bond motifs is 1. The number of likely N-dealkylation sites (tertiary alicyclic amines) is 1. The van der Waals surface area contributed by atoms with Crippen LogP contribution in [0.25, 0.3) is 0 Å². The number of hydrogen-bond acceptors (Lipinski definition) is 4. The van der Waals surface area contributed by atoms with Crippen LogP contribution in [0, 0.1) is 5.92 Å². The molecule has 0 atom stereocenters. The van der Waals surface area contributed by atoms with Gasteiger partial charge in [-0.15, -0.1) is 0 Å². The van der Waals surface area contributed by atoms with Crippen molar-refractivity contribution in [1.29, 1.82) is 0 Å². The maximum atomic E-state index is 13.2. The molecule has 1 saturated heterocycles. The number of rotatable bonds is 5. The molecule has 3 heterocycles. The highest BCUT2D eigenvalue weighted by Gasteiger charge is 2.33. The number of aryl methyl sites for hydroxylation is 1. The molecule has 168 valence electrons. The molecule has 1 aliphatic carbocycles. The fraction of sp³-hybridized carbons (Fsp3) is 0.500. The van der Waals surface area contributed by atoms with Crippen LogP contribution in [0.5, 0.6) is 0 Å². The van der Waals surface area contributed by atoms with Crippen molar-refractivity contribution in [2.24, 2.45) is 5.92 Å². The first-order valence-corrected chi connectivity index (χ1v) is 11.6. The summed E-state index contributed by atoms with van der Waals surface area (Å²) in [5.41, 5.74) is 1.87. The number of aromatic nitrogens is 2. The first-order chi connectivity index (χ1) is 15.6. The number of amides is 3. The minimum Gasteiger partial charge on any atom is -0.353 e. The average Bonchev–Trinajstić information content (AvgIpc) is 3.56. The summed E-state index contributed by atoms with van der Waals surface area (Å²) in [5, 5.41) is 7.54. The Morgan fingerprint density at radius 2 is 1.75 bits per heavy atom. The second-order valence-electron chi connectivity index (χ2n) is 9.05. The summed E-state index contributed by atoms with van der Waals surface area (Å²) < 4.78 is 1.68. The fourth-order valence-electron chi connectivity index (χ4n) is 4.55. The van der Waals surface area contributed by atoms with Gasteiger partial charge >= 0.3 is 0 Å². The van der Waals surface area contributed by atoms with E-state index in [9.17, 15) is 14.4 Å². The Labute approximate surface area is 187 Å². The van der Waals surface area contributed by atoms with E-state index in [4.69, 9.17) is 0 Å². The van der Waals surface area contributed by atoms with Gasteiger partial charge in [0.1, 0.15) is 5.69 Å².